The predicted octanol–water partition coefficient (Wildman–Crippen LogP) is 2.30. The number of rotatable bonds is 5. The fraction of sp³-hybridized carbons (Fsp3) is 0.333. The van der Waals surface area contributed by atoms with Crippen molar-refractivity contribution >= 4 is 27.6 Å². The molecule has 0 aliphatic rings. The van der Waals surface area contributed by atoms with Crippen LogP contribution in [-0.2, 0) is 4.79 Å². The summed E-state index contributed by atoms with van der Waals surface area (Å²) < 4.78 is 0. The van der Waals surface area contributed by atoms with Crippen LogP contribution in [-0.4, -0.2) is 32.2 Å². The molecule has 0 saturated carbocycles. The Balaban J connectivity index is 2.14. The van der Waals surface area contributed by atoms with Gasteiger partial charge in [0.1, 0.15) is 6.10 Å². The number of aromatic nitrogens is 1. The van der Waals surface area contributed by atoms with E-state index in [9.17, 15) is 15.0 Å². The van der Waals surface area contributed by atoms with E-state index in [0.717, 1.165) is 22.5 Å². The van der Waals surface area contributed by atoms with E-state index in [2.05, 4.69) is 4.98 Å². The molecule has 0 spiro atoms. The van der Waals surface area contributed by atoms with Gasteiger partial charge >= 0.3 is 0 Å². The molecule has 0 fully saturated rings. The normalized spacial score (nSPS) is 14.2. The van der Waals surface area contributed by atoms with Crippen molar-refractivity contribution in [2.45, 2.75) is 25.6 Å². The largest absolute Gasteiger partial charge is 0.390 e. The first-order valence-corrected chi connectivity index (χ1v) is 7.40. The van der Waals surface area contributed by atoms with E-state index in [1.54, 1.807) is 18.5 Å². The first-order chi connectivity index (χ1) is 9.59. The number of benzene rings is 1. The Morgan fingerprint density at radius 2 is 2.15 bits per heavy atom. The maximum absolute atomic E-state index is 10.9. The molecule has 106 valence electrons. The van der Waals surface area contributed by atoms with Crippen LogP contribution in [0.3, 0.4) is 0 Å². The molecule has 2 N–H and O–H groups in total. The Hall–Kier alpha value is -1.43. The maximum atomic E-state index is 10.9. The molecule has 20 heavy (non-hydrogen) atoms. The van der Waals surface area contributed by atoms with Crippen LogP contribution in [0.2, 0.25) is 0 Å². The van der Waals surface area contributed by atoms with Gasteiger partial charge in [0.15, 0.2) is 5.12 Å². The van der Waals surface area contributed by atoms with Gasteiger partial charge in [-0.1, -0.05) is 30.0 Å². The van der Waals surface area contributed by atoms with Crippen LogP contribution in [0, 0.1) is 0 Å². The lowest BCUT2D eigenvalue weighted by Crippen LogP contribution is -2.19. The van der Waals surface area contributed by atoms with Crippen LogP contribution in [0.5, 0.6) is 0 Å². The number of thioether (sulfide) groups is 1. The minimum atomic E-state index is -0.976. The topological polar surface area (TPSA) is 70.4 Å². The Labute approximate surface area is 121 Å². The van der Waals surface area contributed by atoms with E-state index in [1.807, 2.05) is 18.2 Å². The molecule has 0 aliphatic heterocycles. The highest BCUT2D eigenvalue weighted by Gasteiger charge is 2.20. The van der Waals surface area contributed by atoms with Gasteiger partial charge in [0, 0.05) is 30.5 Å². The Morgan fingerprint density at radius 3 is 2.90 bits per heavy atom. The highest BCUT2D eigenvalue weighted by atomic mass is 32.2. The minimum absolute atomic E-state index is 0.0149. The number of nitrogens with zero attached hydrogens (tertiary/aromatic N) is 1. The van der Waals surface area contributed by atoms with Crippen molar-refractivity contribution in [2.24, 2.45) is 0 Å². The van der Waals surface area contributed by atoms with Gasteiger partial charge in [0.05, 0.1) is 6.10 Å². The van der Waals surface area contributed by atoms with E-state index in [0.29, 0.717) is 17.7 Å². The maximum Gasteiger partial charge on any atom is 0.185 e. The van der Waals surface area contributed by atoms with Crippen molar-refractivity contribution in [1.29, 1.82) is 0 Å². The van der Waals surface area contributed by atoms with Crippen LogP contribution in [0.1, 0.15) is 25.0 Å². The number of hydrogen-bond acceptors (Lipinski definition) is 5. The zero-order valence-corrected chi connectivity index (χ0v) is 12.0. The first kappa shape index (κ1) is 15.0. The number of fused-ring (bicyclic) bond motifs is 1. The summed E-state index contributed by atoms with van der Waals surface area (Å²) in [5, 5.41) is 22.2. The predicted molar refractivity (Wildman–Crippen MR) is 80.5 cm³/mol. The number of carbonyl (C=O) groups excluding carboxylic acids is 1. The van der Waals surface area contributed by atoms with E-state index in [1.165, 1.54) is 6.92 Å². The SMILES string of the molecule is CC(=O)SCCC(O)C(O)c1cccc2ccncc12. The van der Waals surface area contributed by atoms with Crippen LogP contribution in [0.25, 0.3) is 10.8 Å². The van der Waals surface area contributed by atoms with E-state index < -0.39 is 12.2 Å². The van der Waals surface area contributed by atoms with E-state index >= 15 is 0 Å². The molecule has 1 aromatic carbocycles. The highest BCUT2D eigenvalue weighted by Crippen LogP contribution is 2.27. The van der Waals surface area contributed by atoms with Crippen LogP contribution >= 0.6 is 11.8 Å². The average Bonchev–Trinajstić information content (AvgIpc) is 2.45. The van der Waals surface area contributed by atoms with Crippen molar-refractivity contribution in [1.82, 2.24) is 4.98 Å². The van der Waals surface area contributed by atoms with Gasteiger partial charge in [0.25, 0.3) is 0 Å². The molecule has 2 atom stereocenters. The summed E-state index contributed by atoms with van der Waals surface area (Å²) in [5.41, 5.74) is 0.663. The lowest BCUT2D eigenvalue weighted by Gasteiger charge is -2.19. The standard InChI is InChI=1S/C15H17NO3S/c1-10(17)20-8-6-14(18)15(19)12-4-2-3-11-5-7-16-9-13(11)12/h2-5,7,9,14-15,18-19H,6,8H2,1H3. The van der Waals surface area contributed by atoms with Crippen LogP contribution < -0.4 is 0 Å². The molecule has 2 aromatic rings. The third-order valence-electron chi connectivity index (χ3n) is 3.12. The molecule has 4 nitrogen and oxygen atoms in total. The summed E-state index contributed by atoms with van der Waals surface area (Å²) in [6.45, 7) is 1.49. The molecule has 0 aliphatic carbocycles. The van der Waals surface area contributed by atoms with Gasteiger partial charge in [0.2, 0.25) is 0 Å². The first-order valence-electron chi connectivity index (χ1n) is 6.41. The molecule has 2 unspecified atom stereocenters. The lowest BCUT2D eigenvalue weighted by atomic mass is 9.98. The third-order valence-corrected chi connectivity index (χ3v) is 3.97. The zero-order chi connectivity index (χ0) is 14.5. The second-order valence-electron chi connectivity index (χ2n) is 4.58. The summed E-state index contributed by atoms with van der Waals surface area (Å²) in [7, 11) is 0. The van der Waals surface area contributed by atoms with Crippen LogP contribution in [0.4, 0.5) is 0 Å². The van der Waals surface area contributed by atoms with E-state index in [4.69, 9.17) is 0 Å². The molecule has 5 heteroatoms. The quantitative estimate of drug-likeness (QED) is 0.884. The molecule has 0 amide bonds. The van der Waals surface area contributed by atoms with Gasteiger partial charge in [-0.25, -0.2) is 0 Å². The summed E-state index contributed by atoms with van der Waals surface area (Å²) in [6.07, 6.45) is 1.87. The third kappa shape index (κ3) is 3.56. The molecule has 0 saturated heterocycles. The molecule has 2 rings (SSSR count). The number of hydrogen-bond donors (Lipinski definition) is 2. The van der Waals surface area contributed by atoms with E-state index in [-0.39, 0.29) is 5.12 Å². The number of aliphatic hydroxyl groups excluding tert-OH is 2. The number of pyridine rings is 1. The second-order valence-corrected chi connectivity index (χ2v) is 5.86. The van der Waals surface area contributed by atoms with Crippen molar-refractivity contribution in [3.8, 4) is 0 Å². The Kier molecular flexibility index (Phi) is 5.11. The Morgan fingerprint density at radius 1 is 1.35 bits per heavy atom. The smallest absolute Gasteiger partial charge is 0.185 e. The zero-order valence-electron chi connectivity index (χ0n) is 11.2. The number of carbonyl (C=O) groups is 1. The van der Waals surface area contributed by atoms with Gasteiger partial charge in [-0.3, -0.25) is 9.78 Å². The summed E-state index contributed by atoms with van der Waals surface area (Å²) >= 11 is 1.15. The molecule has 1 heterocycles. The molecular weight excluding hydrogens is 274 g/mol. The van der Waals surface area contributed by atoms with Crippen molar-refractivity contribution in [2.75, 3.05) is 5.75 Å². The second kappa shape index (κ2) is 6.83. The van der Waals surface area contributed by atoms with Crippen LogP contribution in [0.15, 0.2) is 36.7 Å². The fourth-order valence-electron chi connectivity index (χ4n) is 2.08. The number of aliphatic hydroxyl groups is 2. The summed E-state index contributed by atoms with van der Waals surface area (Å²) in [4.78, 5) is 14.9. The minimum Gasteiger partial charge on any atom is -0.390 e. The van der Waals surface area contributed by atoms with Crippen molar-refractivity contribution in [3.63, 3.8) is 0 Å². The molecular formula is C15H17NO3S. The molecule has 0 bridgehead atoms. The average molecular weight is 291 g/mol. The van der Waals surface area contributed by atoms with Crippen molar-refractivity contribution in [3.05, 3.63) is 42.2 Å². The Bertz CT molecular complexity index is 597. The fourth-order valence-corrected chi connectivity index (χ4v) is 2.73. The summed E-state index contributed by atoms with van der Waals surface area (Å²) in [5.74, 6) is 0.497. The highest BCUT2D eigenvalue weighted by molar-refractivity contribution is 8.13. The van der Waals surface area contributed by atoms with Gasteiger partial charge in [-0.05, 0) is 23.4 Å². The lowest BCUT2D eigenvalue weighted by molar-refractivity contribution is -0.109. The van der Waals surface area contributed by atoms with Crippen molar-refractivity contribution < 1.29 is 15.0 Å². The van der Waals surface area contributed by atoms with Gasteiger partial charge < -0.3 is 10.2 Å². The summed E-state index contributed by atoms with van der Waals surface area (Å²) in [6, 6.07) is 7.43. The molecule has 1 aromatic heterocycles. The molecule has 0 radical (unpaired) electrons. The monoisotopic (exact) mass is 291 g/mol. The van der Waals surface area contributed by atoms with Gasteiger partial charge in [-0.2, -0.15) is 0 Å². The van der Waals surface area contributed by atoms with Gasteiger partial charge in [-0.15, -0.1) is 0 Å².